The van der Waals surface area contributed by atoms with Gasteiger partial charge in [-0.1, -0.05) is 19.0 Å². The highest BCUT2D eigenvalue weighted by Crippen LogP contribution is 2.19. The quantitative estimate of drug-likeness (QED) is 0.917. The van der Waals surface area contributed by atoms with E-state index in [2.05, 4.69) is 25.0 Å². The molecule has 2 aromatic heterocycles. The van der Waals surface area contributed by atoms with E-state index < -0.39 is 0 Å². The van der Waals surface area contributed by atoms with E-state index in [9.17, 15) is 4.79 Å². The number of rotatable bonds is 4. The zero-order valence-electron chi connectivity index (χ0n) is 10.4. The van der Waals surface area contributed by atoms with Crippen molar-refractivity contribution < 1.29 is 9.32 Å². The summed E-state index contributed by atoms with van der Waals surface area (Å²) in [5.74, 6) is 0.546. The fourth-order valence-corrected chi connectivity index (χ4v) is 2.18. The third kappa shape index (κ3) is 2.73. The van der Waals surface area contributed by atoms with Crippen molar-refractivity contribution in [1.82, 2.24) is 20.4 Å². The van der Waals surface area contributed by atoms with Gasteiger partial charge in [-0.05, 0) is 6.92 Å². The van der Waals surface area contributed by atoms with Gasteiger partial charge in [-0.25, -0.2) is 4.98 Å². The first-order valence-electron chi connectivity index (χ1n) is 5.60. The summed E-state index contributed by atoms with van der Waals surface area (Å²) >= 11 is 1.49. The van der Waals surface area contributed by atoms with Crippen molar-refractivity contribution in [2.45, 2.75) is 32.7 Å². The van der Waals surface area contributed by atoms with Crippen LogP contribution in [0, 0.1) is 0 Å². The lowest BCUT2D eigenvalue weighted by Crippen LogP contribution is -2.27. The number of nitrogens with zero attached hydrogens (tertiary/aromatic N) is 3. The lowest BCUT2D eigenvalue weighted by Gasteiger charge is -2.08. The Balaban J connectivity index is 2.03. The predicted molar refractivity (Wildman–Crippen MR) is 66.4 cm³/mol. The third-order valence-electron chi connectivity index (χ3n) is 2.36. The van der Waals surface area contributed by atoms with Crippen molar-refractivity contribution in [3.63, 3.8) is 0 Å². The van der Waals surface area contributed by atoms with Crippen LogP contribution in [0.25, 0.3) is 0 Å². The Labute approximate surface area is 108 Å². The van der Waals surface area contributed by atoms with Crippen LogP contribution in [0.5, 0.6) is 0 Å². The number of carbonyl (C=O) groups excluding carboxylic acids is 1. The van der Waals surface area contributed by atoms with E-state index in [0.29, 0.717) is 17.4 Å². The monoisotopic (exact) mass is 266 g/mol. The minimum atomic E-state index is -0.305. The van der Waals surface area contributed by atoms with Crippen LogP contribution in [-0.2, 0) is 0 Å². The first kappa shape index (κ1) is 12.7. The molecule has 18 heavy (non-hydrogen) atoms. The summed E-state index contributed by atoms with van der Waals surface area (Å²) in [6, 6.07) is -0.305. The summed E-state index contributed by atoms with van der Waals surface area (Å²) in [5, 5.41) is 9.16. The Hall–Kier alpha value is -1.76. The first-order chi connectivity index (χ1) is 8.58. The standard InChI is InChI=1S/C11H14N4O2S/c1-6(2)11-14-8(4-18-11)10(16)13-7(3)9-12-5-17-15-9/h4-7H,1-3H3,(H,13,16)/t7-/m0/s1. The van der Waals surface area contributed by atoms with Gasteiger partial charge in [0.05, 0.1) is 11.0 Å². The lowest BCUT2D eigenvalue weighted by molar-refractivity contribution is 0.0933. The van der Waals surface area contributed by atoms with Gasteiger partial charge in [0.1, 0.15) is 5.69 Å². The van der Waals surface area contributed by atoms with Gasteiger partial charge in [0.25, 0.3) is 5.91 Å². The largest absolute Gasteiger partial charge is 0.343 e. The number of nitrogens with one attached hydrogen (secondary N) is 1. The maximum absolute atomic E-state index is 11.9. The van der Waals surface area contributed by atoms with Crippen molar-refractivity contribution in [3.05, 3.63) is 28.3 Å². The molecular weight excluding hydrogens is 252 g/mol. The summed E-state index contributed by atoms with van der Waals surface area (Å²) in [5.41, 5.74) is 0.430. The third-order valence-corrected chi connectivity index (χ3v) is 3.51. The summed E-state index contributed by atoms with van der Waals surface area (Å²) in [7, 11) is 0. The second kappa shape index (κ2) is 5.26. The summed E-state index contributed by atoms with van der Waals surface area (Å²) in [4.78, 5) is 20.1. The summed E-state index contributed by atoms with van der Waals surface area (Å²) < 4.78 is 4.63. The van der Waals surface area contributed by atoms with Gasteiger partial charge in [0.15, 0.2) is 5.82 Å². The molecule has 1 amide bonds. The molecule has 0 saturated heterocycles. The van der Waals surface area contributed by atoms with E-state index in [1.807, 2.05) is 13.8 Å². The Morgan fingerprint density at radius 1 is 1.44 bits per heavy atom. The molecule has 0 aromatic carbocycles. The van der Waals surface area contributed by atoms with E-state index in [1.165, 1.54) is 17.7 Å². The van der Waals surface area contributed by atoms with E-state index in [-0.39, 0.29) is 11.9 Å². The number of hydrogen-bond donors (Lipinski definition) is 1. The molecule has 0 saturated carbocycles. The Morgan fingerprint density at radius 2 is 2.22 bits per heavy atom. The smallest absolute Gasteiger partial charge is 0.271 e. The molecule has 6 nitrogen and oxygen atoms in total. The van der Waals surface area contributed by atoms with Crippen molar-refractivity contribution in [2.75, 3.05) is 0 Å². The van der Waals surface area contributed by atoms with Crippen LogP contribution in [0.3, 0.4) is 0 Å². The molecule has 0 unspecified atom stereocenters. The van der Waals surface area contributed by atoms with Gasteiger partial charge in [0, 0.05) is 11.3 Å². The van der Waals surface area contributed by atoms with E-state index in [1.54, 1.807) is 12.3 Å². The van der Waals surface area contributed by atoms with Crippen LogP contribution >= 0.6 is 11.3 Å². The second-order valence-electron chi connectivity index (χ2n) is 4.21. The molecule has 0 spiro atoms. The van der Waals surface area contributed by atoms with Gasteiger partial charge in [-0.2, -0.15) is 4.98 Å². The molecule has 1 N–H and O–H groups in total. The molecule has 0 fully saturated rings. The average molecular weight is 266 g/mol. The van der Waals surface area contributed by atoms with Crippen molar-refractivity contribution in [3.8, 4) is 0 Å². The molecule has 2 aromatic rings. The fourth-order valence-electron chi connectivity index (χ4n) is 1.36. The fraction of sp³-hybridized carbons (Fsp3) is 0.455. The second-order valence-corrected chi connectivity index (χ2v) is 5.10. The van der Waals surface area contributed by atoms with Gasteiger partial charge in [-0.15, -0.1) is 11.3 Å². The van der Waals surface area contributed by atoms with Gasteiger partial charge >= 0.3 is 0 Å². The molecule has 7 heteroatoms. The van der Waals surface area contributed by atoms with Crippen LogP contribution in [0.2, 0.25) is 0 Å². The summed E-state index contributed by atoms with van der Waals surface area (Å²) in [6.45, 7) is 5.88. The molecule has 1 atom stereocenters. The summed E-state index contributed by atoms with van der Waals surface area (Å²) in [6.07, 6.45) is 1.23. The molecule has 2 heterocycles. The highest BCUT2D eigenvalue weighted by molar-refractivity contribution is 7.09. The topological polar surface area (TPSA) is 80.9 Å². The van der Waals surface area contributed by atoms with Crippen LogP contribution in [0.1, 0.15) is 54.1 Å². The van der Waals surface area contributed by atoms with Gasteiger partial charge in [-0.3, -0.25) is 4.79 Å². The maximum atomic E-state index is 11.9. The first-order valence-corrected chi connectivity index (χ1v) is 6.48. The predicted octanol–water partition coefficient (Wildman–Crippen LogP) is 2.14. The minimum Gasteiger partial charge on any atom is -0.343 e. The SMILES string of the molecule is CC(C)c1nc(C(=O)N[C@@H](C)c2ncon2)cs1. The highest BCUT2D eigenvalue weighted by atomic mass is 32.1. The number of carbonyl (C=O) groups is 1. The molecule has 0 bridgehead atoms. The van der Waals surface area contributed by atoms with Crippen molar-refractivity contribution >= 4 is 17.2 Å². The van der Waals surface area contributed by atoms with Gasteiger partial charge < -0.3 is 9.84 Å². The van der Waals surface area contributed by atoms with Crippen molar-refractivity contribution in [2.24, 2.45) is 0 Å². The zero-order valence-corrected chi connectivity index (χ0v) is 11.2. The maximum Gasteiger partial charge on any atom is 0.271 e. The normalized spacial score (nSPS) is 12.7. The van der Waals surface area contributed by atoms with Crippen LogP contribution in [0.15, 0.2) is 16.3 Å². The minimum absolute atomic E-state index is 0.226. The van der Waals surface area contributed by atoms with E-state index in [0.717, 1.165) is 5.01 Å². The average Bonchev–Trinajstić information content (AvgIpc) is 3.00. The molecular formula is C11H14N4O2S. The molecule has 2 rings (SSSR count). The van der Waals surface area contributed by atoms with Crippen LogP contribution in [0.4, 0.5) is 0 Å². The van der Waals surface area contributed by atoms with E-state index in [4.69, 9.17) is 0 Å². The number of thiazole rings is 1. The lowest BCUT2D eigenvalue weighted by atomic mass is 10.2. The van der Waals surface area contributed by atoms with Crippen molar-refractivity contribution in [1.29, 1.82) is 0 Å². The highest BCUT2D eigenvalue weighted by Gasteiger charge is 2.17. The Bertz CT molecular complexity index is 521. The molecule has 96 valence electrons. The zero-order chi connectivity index (χ0) is 13.1. The number of aromatic nitrogens is 3. The van der Waals surface area contributed by atoms with Gasteiger partial charge in [0.2, 0.25) is 6.39 Å². The van der Waals surface area contributed by atoms with Crippen LogP contribution in [-0.4, -0.2) is 21.0 Å². The molecule has 0 aliphatic heterocycles. The Morgan fingerprint density at radius 3 is 2.78 bits per heavy atom. The van der Waals surface area contributed by atoms with Crippen LogP contribution < -0.4 is 5.32 Å². The molecule has 0 aliphatic carbocycles. The molecule has 0 aliphatic rings. The van der Waals surface area contributed by atoms with E-state index >= 15 is 0 Å². The molecule has 0 radical (unpaired) electrons. The Kier molecular flexibility index (Phi) is 3.71. The number of amides is 1. The number of hydrogen-bond acceptors (Lipinski definition) is 6.